The second kappa shape index (κ2) is 7.04. The number of halogens is 4. The van der Waals surface area contributed by atoms with Crippen molar-refractivity contribution in [3.8, 4) is 5.75 Å². The first-order valence-electron chi connectivity index (χ1n) is 5.00. The maximum atomic E-state index is 12.2. The Hall–Kier alpha value is -0.690. The monoisotopic (exact) mass is 386 g/mol. The van der Waals surface area contributed by atoms with Crippen LogP contribution in [0.3, 0.4) is 0 Å². The molecule has 0 saturated heterocycles. The first-order chi connectivity index (χ1) is 8.51. The van der Waals surface area contributed by atoms with Crippen LogP contribution in [-0.2, 0) is 10.1 Å². The number of ether oxygens (including phenoxy) is 2. The molecule has 100 valence electrons. The fraction of sp³-hybridized carbons (Fsp3) is 0.364. The quantitative estimate of drug-likeness (QED) is 0.563. The minimum Gasteiger partial charge on any atom is -0.462 e. The van der Waals surface area contributed by atoms with Crippen LogP contribution >= 0.6 is 31.9 Å². The zero-order valence-electron chi connectivity index (χ0n) is 9.38. The van der Waals surface area contributed by atoms with E-state index in [2.05, 4.69) is 36.6 Å². The summed E-state index contributed by atoms with van der Waals surface area (Å²) in [6.45, 7) is -1.09. The molecule has 0 bridgehead atoms. The van der Waals surface area contributed by atoms with E-state index in [1.54, 1.807) is 6.92 Å². The lowest BCUT2D eigenvalue weighted by atomic mass is 10.1. The van der Waals surface area contributed by atoms with E-state index in [0.717, 1.165) is 0 Å². The van der Waals surface area contributed by atoms with Gasteiger partial charge < -0.3 is 9.47 Å². The molecule has 1 aromatic rings. The van der Waals surface area contributed by atoms with Gasteiger partial charge in [0.2, 0.25) is 0 Å². The fourth-order valence-electron chi connectivity index (χ4n) is 1.32. The number of carbonyl (C=O) groups is 1. The predicted octanol–water partition coefficient (Wildman–Crippen LogP) is 4.12. The molecule has 0 atom stereocenters. The number of hydrogen-bond acceptors (Lipinski definition) is 3. The summed E-state index contributed by atoms with van der Waals surface area (Å²) in [7, 11) is 0. The molecule has 0 heterocycles. The molecule has 0 aliphatic carbocycles. The molecule has 1 aromatic carbocycles. The van der Waals surface area contributed by atoms with E-state index < -0.39 is 12.6 Å². The summed E-state index contributed by atoms with van der Waals surface area (Å²) in [6, 6.07) is 2.90. The molecule has 18 heavy (non-hydrogen) atoms. The second-order valence-corrected chi connectivity index (χ2v) is 4.50. The molecule has 0 radical (unpaired) electrons. The van der Waals surface area contributed by atoms with Gasteiger partial charge in [0.1, 0.15) is 5.75 Å². The number of rotatable bonds is 5. The Morgan fingerprint density at radius 1 is 1.44 bits per heavy atom. The van der Waals surface area contributed by atoms with Gasteiger partial charge in [0.25, 0.3) is 0 Å². The van der Waals surface area contributed by atoms with Gasteiger partial charge in [-0.3, -0.25) is 0 Å². The second-order valence-electron chi connectivity index (χ2n) is 3.14. The lowest BCUT2D eigenvalue weighted by molar-refractivity contribution is -0.0504. The Balaban J connectivity index is 3.22. The Morgan fingerprint density at radius 2 is 2.11 bits per heavy atom. The maximum absolute atomic E-state index is 12.2. The van der Waals surface area contributed by atoms with Crippen LogP contribution in [-0.4, -0.2) is 19.2 Å². The number of benzene rings is 1. The van der Waals surface area contributed by atoms with Crippen LogP contribution in [0, 0.1) is 0 Å². The highest BCUT2D eigenvalue weighted by molar-refractivity contribution is 9.10. The van der Waals surface area contributed by atoms with Gasteiger partial charge in [0.05, 0.1) is 16.6 Å². The van der Waals surface area contributed by atoms with Crippen LogP contribution < -0.4 is 4.74 Å². The van der Waals surface area contributed by atoms with Crippen molar-refractivity contribution >= 4 is 37.8 Å². The van der Waals surface area contributed by atoms with Gasteiger partial charge in [-0.2, -0.15) is 8.78 Å². The highest BCUT2D eigenvalue weighted by Gasteiger charge is 2.21. The van der Waals surface area contributed by atoms with Gasteiger partial charge in [0.15, 0.2) is 0 Å². The molecule has 3 nitrogen and oxygen atoms in total. The van der Waals surface area contributed by atoms with E-state index in [0.29, 0.717) is 10.9 Å². The molecular weight excluding hydrogens is 378 g/mol. The molecule has 7 heteroatoms. The van der Waals surface area contributed by atoms with Gasteiger partial charge in [0, 0.05) is 5.33 Å². The van der Waals surface area contributed by atoms with E-state index in [1.807, 2.05) is 0 Å². The van der Waals surface area contributed by atoms with Gasteiger partial charge in [-0.15, -0.1) is 0 Å². The third-order valence-electron chi connectivity index (χ3n) is 2.03. The number of esters is 1. The molecule has 0 spiro atoms. The summed E-state index contributed by atoms with van der Waals surface area (Å²) in [5.41, 5.74) is 0.814. The predicted molar refractivity (Wildman–Crippen MR) is 69.4 cm³/mol. The fourth-order valence-corrected chi connectivity index (χ4v) is 2.43. The number of alkyl halides is 3. The van der Waals surface area contributed by atoms with E-state index >= 15 is 0 Å². The van der Waals surface area contributed by atoms with Crippen LogP contribution in [0.1, 0.15) is 22.8 Å². The lowest BCUT2D eigenvalue weighted by Gasteiger charge is -2.13. The van der Waals surface area contributed by atoms with E-state index in [4.69, 9.17) is 4.74 Å². The van der Waals surface area contributed by atoms with Gasteiger partial charge in [-0.05, 0) is 34.5 Å². The summed E-state index contributed by atoms with van der Waals surface area (Å²) >= 11 is 6.31. The van der Waals surface area contributed by atoms with Crippen LogP contribution in [0.5, 0.6) is 5.75 Å². The minimum atomic E-state index is -2.95. The highest BCUT2D eigenvalue weighted by atomic mass is 79.9. The van der Waals surface area contributed by atoms with Crippen LogP contribution in [0.25, 0.3) is 0 Å². The van der Waals surface area contributed by atoms with E-state index in [9.17, 15) is 13.6 Å². The van der Waals surface area contributed by atoms with Gasteiger partial charge in [-0.1, -0.05) is 22.0 Å². The van der Waals surface area contributed by atoms with Crippen molar-refractivity contribution in [1.29, 1.82) is 0 Å². The Morgan fingerprint density at radius 3 is 2.61 bits per heavy atom. The van der Waals surface area contributed by atoms with E-state index in [1.165, 1.54) is 12.1 Å². The van der Waals surface area contributed by atoms with Crippen molar-refractivity contribution < 1.29 is 23.0 Å². The molecule has 0 aromatic heterocycles. The van der Waals surface area contributed by atoms with Crippen molar-refractivity contribution in [1.82, 2.24) is 0 Å². The molecular formula is C11H10Br2F2O3. The largest absolute Gasteiger partial charge is 0.462 e. The molecule has 0 aliphatic rings. The highest BCUT2D eigenvalue weighted by Crippen LogP contribution is 2.33. The van der Waals surface area contributed by atoms with Crippen molar-refractivity contribution in [2.24, 2.45) is 0 Å². The lowest BCUT2D eigenvalue weighted by Crippen LogP contribution is -2.11. The summed E-state index contributed by atoms with van der Waals surface area (Å²) in [4.78, 5) is 11.8. The average Bonchev–Trinajstić information content (AvgIpc) is 2.31. The third-order valence-corrected chi connectivity index (χ3v) is 3.42. The van der Waals surface area contributed by atoms with Crippen molar-refractivity contribution in [2.45, 2.75) is 18.9 Å². The number of carbonyl (C=O) groups excluding carboxylic acids is 1. The van der Waals surface area contributed by atoms with Crippen molar-refractivity contribution in [2.75, 3.05) is 6.61 Å². The molecule has 0 unspecified atom stereocenters. The standard InChI is InChI=1S/C11H10Br2F2O3/c1-2-17-10(16)8-6(5-12)3-4-7(9(8)13)18-11(14)15/h3-4,11H,2,5H2,1H3. The summed E-state index contributed by atoms with van der Waals surface area (Å²) in [5, 5.41) is 0.398. The summed E-state index contributed by atoms with van der Waals surface area (Å²) in [6.07, 6.45) is 0. The molecule has 1 rings (SSSR count). The molecule has 0 fully saturated rings. The first-order valence-corrected chi connectivity index (χ1v) is 6.92. The molecule has 0 aliphatic heterocycles. The zero-order valence-corrected chi connectivity index (χ0v) is 12.6. The van der Waals surface area contributed by atoms with Crippen LogP contribution in [0.4, 0.5) is 8.78 Å². The minimum absolute atomic E-state index is 0.0993. The molecule has 0 N–H and O–H groups in total. The van der Waals surface area contributed by atoms with Gasteiger partial charge >= 0.3 is 12.6 Å². The third kappa shape index (κ3) is 3.65. The Bertz CT molecular complexity index is 439. The van der Waals surface area contributed by atoms with Crippen LogP contribution in [0.15, 0.2) is 16.6 Å². The van der Waals surface area contributed by atoms with Crippen molar-refractivity contribution in [3.05, 3.63) is 27.7 Å². The molecule has 0 saturated carbocycles. The van der Waals surface area contributed by atoms with Gasteiger partial charge in [-0.25, -0.2) is 4.79 Å². The summed E-state index contributed by atoms with van der Waals surface area (Å²) in [5.74, 6) is -0.684. The smallest absolute Gasteiger partial charge is 0.387 e. The van der Waals surface area contributed by atoms with Crippen LogP contribution in [0.2, 0.25) is 0 Å². The van der Waals surface area contributed by atoms with E-state index in [-0.39, 0.29) is 22.4 Å². The SMILES string of the molecule is CCOC(=O)c1c(CBr)ccc(OC(F)F)c1Br. The average molecular weight is 388 g/mol. The Labute approximate surface area is 120 Å². The molecule has 0 amide bonds. The maximum Gasteiger partial charge on any atom is 0.387 e. The first kappa shape index (κ1) is 15.4. The van der Waals surface area contributed by atoms with Crippen molar-refractivity contribution in [3.63, 3.8) is 0 Å². The zero-order chi connectivity index (χ0) is 13.7. The number of hydrogen-bond donors (Lipinski definition) is 0. The topological polar surface area (TPSA) is 35.5 Å². The normalized spacial score (nSPS) is 10.6. The Kier molecular flexibility index (Phi) is 6.01. The summed E-state index contributed by atoms with van der Waals surface area (Å²) < 4.78 is 33.7.